The van der Waals surface area contributed by atoms with Gasteiger partial charge >= 0.3 is 0 Å². The van der Waals surface area contributed by atoms with Gasteiger partial charge in [-0.1, -0.05) is 40.6 Å². The number of hydrogen-bond acceptors (Lipinski definition) is 6. The van der Waals surface area contributed by atoms with Crippen LogP contribution in [0.25, 0.3) is 0 Å². The number of ether oxygens (including phenoxy) is 1. The van der Waals surface area contributed by atoms with E-state index in [9.17, 15) is 4.79 Å². The van der Waals surface area contributed by atoms with Gasteiger partial charge in [0.2, 0.25) is 5.13 Å². The molecule has 1 amide bonds. The molecular formula is C15H12ClN3O2S2. The van der Waals surface area contributed by atoms with E-state index in [0.717, 1.165) is 5.75 Å². The number of aryl methyl sites for hydroxylation is 1. The number of benzene rings is 1. The second kappa shape index (κ2) is 7.08. The molecule has 0 radical (unpaired) electrons. The largest absolute Gasteiger partial charge is 0.486 e. The van der Waals surface area contributed by atoms with Crippen molar-refractivity contribution in [1.29, 1.82) is 0 Å². The highest BCUT2D eigenvalue weighted by atomic mass is 35.5. The van der Waals surface area contributed by atoms with Gasteiger partial charge in [0.05, 0.1) is 9.21 Å². The first kappa shape index (κ1) is 15.9. The number of halogens is 1. The summed E-state index contributed by atoms with van der Waals surface area (Å²) in [5, 5.41) is 11.8. The zero-order valence-corrected chi connectivity index (χ0v) is 14.5. The summed E-state index contributed by atoms with van der Waals surface area (Å²) < 4.78 is 6.20. The SMILES string of the molecule is Cc1ccc(OCc2nnc(NC(=O)c3ccc(Cl)s3)s2)cc1. The molecule has 0 saturated carbocycles. The second-order valence-electron chi connectivity index (χ2n) is 4.66. The minimum absolute atomic E-state index is 0.246. The second-order valence-corrected chi connectivity index (χ2v) is 7.44. The molecule has 23 heavy (non-hydrogen) atoms. The van der Waals surface area contributed by atoms with Crippen LogP contribution in [0.3, 0.4) is 0 Å². The van der Waals surface area contributed by atoms with Crippen molar-refractivity contribution in [3.63, 3.8) is 0 Å². The average molecular weight is 366 g/mol. The third-order valence-corrected chi connectivity index (χ3v) is 4.91. The molecule has 0 spiro atoms. The molecule has 3 aromatic rings. The lowest BCUT2D eigenvalue weighted by Crippen LogP contribution is -2.09. The molecule has 1 N–H and O–H groups in total. The summed E-state index contributed by atoms with van der Waals surface area (Å²) in [6.07, 6.45) is 0. The highest BCUT2D eigenvalue weighted by Crippen LogP contribution is 2.24. The van der Waals surface area contributed by atoms with E-state index >= 15 is 0 Å². The van der Waals surface area contributed by atoms with Gasteiger partial charge in [-0.25, -0.2) is 0 Å². The number of carbonyl (C=O) groups excluding carboxylic acids is 1. The van der Waals surface area contributed by atoms with Crippen LogP contribution in [0, 0.1) is 6.92 Å². The molecular weight excluding hydrogens is 354 g/mol. The summed E-state index contributed by atoms with van der Waals surface area (Å²) in [6.45, 7) is 2.33. The lowest BCUT2D eigenvalue weighted by molar-refractivity contribution is 0.103. The number of aromatic nitrogens is 2. The van der Waals surface area contributed by atoms with Crippen LogP contribution in [-0.2, 0) is 6.61 Å². The van der Waals surface area contributed by atoms with Crippen LogP contribution in [0.5, 0.6) is 5.75 Å². The molecule has 5 nitrogen and oxygen atoms in total. The fraction of sp³-hybridized carbons (Fsp3) is 0.133. The van der Waals surface area contributed by atoms with Crippen molar-refractivity contribution in [3.8, 4) is 5.75 Å². The fourth-order valence-corrected chi connectivity index (χ4v) is 3.32. The van der Waals surface area contributed by atoms with Crippen molar-refractivity contribution < 1.29 is 9.53 Å². The number of nitrogens with zero attached hydrogens (tertiary/aromatic N) is 2. The molecule has 3 rings (SSSR count). The molecule has 0 saturated heterocycles. The molecule has 1 aromatic carbocycles. The summed E-state index contributed by atoms with van der Waals surface area (Å²) in [6, 6.07) is 11.1. The maximum Gasteiger partial charge on any atom is 0.267 e. The zero-order chi connectivity index (χ0) is 16.2. The Hall–Kier alpha value is -1.96. The third kappa shape index (κ3) is 4.28. The van der Waals surface area contributed by atoms with E-state index in [1.165, 1.54) is 28.2 Å². The van der Waals surface area contributed by atoms with E-state index in [1.807, 2.05) is 31.2 Å². The van der Waals surface area contributed by atoms with Gasteiger partial charge in [0.25, 0.3) is 5.91 Å². The molecule has 0 fully saturated rings. The van der Waals surface area contributed by atoms with Gasteiger partial charge in [-0.3, -0.25) is 10.1 Å². The Morgan fingerprint density at radius 2 is 1.96 bits per heavy atom. The van der Waals surface area contributed by atoms with Gasteiger partial charge in [0.15, 0.2) is 5.01 Å². The van der Waals surface area contributed by atoms with Crippen molar-refractivity contribution in [3.05, 3.63) is 56.2 Å². The minimum atomic E-state index is -0.246. The Morgan fingerprint density at radius 1 is 1.17 bits per heavy atom. The molecule has 0 aliphatic rings. The standard InChI is InChI=1S/C15H12ClN3O2S2/c1-9-2-4-10(5-3-9)21-8-13-18-19-15(23-13)17-14(20)11-6-7-12(16)22-11/h2-7H,8H2,1H3,(H,17,19,20). The van der Waals surface area contributed by atoms with Gasteiger partial charge in [-0.15, -0.1) is 21.5 Å². The van der Waals surface area contributed by atoms with Crippen LogP contribution in [-0.4, -0.2) is 16.1 Å². The topological polar surface area (TPSA) is 64.1 Å². The van der Waals surface area contributed by atoms with Crippen LogP contribution in [0.1, 0.15) is 20.2 Å². The quantitative estimate of drug-likeness (QED) is 0.728. The van der Waals surface area contributed by atoms with E-state index in [1.54, 1.807) is 12.1 Å². The van der Waals surface area contributed by atoms with Gasteiger partial charge in [-0.2, -0.15) is 0 Å². The normalized spacial score (nSPS) is 10.5. The first-order valence-corrected chi connectivity index (χ1v) is 8.70. The van der Waals surface area contributed by atoms with Crippen molar-refractivity contribution in [2.45, 2.75) is 13.5 Å². The Balaban J connectivity index is 1.57. The number of amides is 1. The Morgan fingerprint density at radius 3 is 2.65 bits per heavy atom. The summed E-state index contributed by atoms with van der Waals surface area (Å²) in [5.41, 5.74) is 1.17. The van der Waals surface area contributed by atoms with E-state index in [2.05, 4.69) is 15.5 Å². The number of thiophene rings is 1. The highest BCUT2D eigenvalue weighted by molar-refractivity contribution is 7.18. The third-order valence-electron chi connectivity index (χ3n) is 2.87. The lowest BCUT2D eigenvalue weighted by atomic mass is 10.2. The summed E-state index contributed by atoms with van der Waals surface area (Å²) in [4.78, 5) is 12.5. The van der Waals surface area contributed by atoms with E-state index in [-0.39, 0.29) is 5.91 Å². The molecule has 0 atom stereocenters. The van der Waals surface area contributed by atoms with Crippen LogP contribution in [0.4, 0.5) is 5.13 Å². The van der Waals surface area contributed by atoms with E-state index in [0.29, 0.717) is 26.0 Å². The van der Waals surface area contributed by atoms with E-state index < -0.39 is 0 Å². The first-order valence-electron chi connectivity index (χ1n) is 6.69. The number of rotatable bonds is 5. The number of hydrogen-bond donors (Lipinski definition) is 1. The summed E-state index contributed by atoms with van der Waals surface area (Å²) in [7, 11) is 0. The van der Waals surface area contributed by atoms with Crippen molar-refractivity contribution in [2.24, 2.45) is 0 Å². The molecule has 8 heteroatoms. The predicted molar refractivity (Wildman–Crippen MR) is 92.7 cm³/mol. The predicted octanol–water partition coefficient (Wildman–Crippen LogP) is 4.39. The Bertz CT molecular complexity index is 814. The first-order chi connectivity index (χ1) is 11.1. The van der Waals surface area contributed by atoms with Gasteiger partial charge in [0.1, 0.15) is 12.4 Å². The minimum Gasteiger partial charge on any atom is -0.486 e. The van der Waals surface area contributed by atoms with Crippen molar-refractivity contribution in [1.82, 2.24) is 10.2 Å². The Labute approximate surface area is 145 Å². The van der Waals surface area contributed by atoms with Gasteiger partial charge in [-0.05, 0) is 31.2 Å². The van der Waals surface area contributed by atoms with E-state index in [4.69, 9.17) is 16.3 Å². The highest BCUT2D eigenvalue weighted by Gasteiger charge is 2.12. The van der Waals surface area contributed by atoms with Crippen LogP contribution < -0.4 is 10.1 Å². The molecule has 118 valence electrons. The molecule has 2 heterocycles. The summed E-state index contributed by atoms with van der Waals surface area (Å²) >= 11 is 8.31. The molecule has 0 unspecified atom stereocenters. The van der Waals surface area contributed by atoms with Crippen LogP contribution >= 0.6 is 34.3 Å². The lowest BCUT2D eigenvalue weighted by Gasteiger charge is -2.03. The Kier molecular flexibility index (Phi) is 4.90. The molecule has 0 aliphatic carbocycles. The maximum atomic E-state index is 12.0. The fourth-order valence-electron chi connectivity index (χ4n) is 1.74. The molecule has 0 aliphatic heterocycles. The van der Waals surface area contributed by atoms with Gasteiger partial charge in [0, 0.05) is 0 Å². The number of nitrogens with one attached hydrogen (secondary N) is 1. The smallest absolute Gasteiger partial charge is 0.267 e. The average Bonchev–Trinajstić information content (AvgIpc) is 3.16. The number of anilines is 1. The number of carbonyl (C=O) groups is 1. The van der Waals surface area contributed by atoms with Crippen molar-refractivity contribution in [2.75, 3.05) is 5.32 Å². The van der Waals surface area contributed by atoms with Crippen molar-refractivity contribution >= 4 is 45.3 Å². The van der Waals surface area contributed by atoms with Crippen LogP contribution in [0.2, 0.25) is 4.34 Å². The monoisotopic (exact) mass is 365 g/mol. The van der Waals surface area contributed by atoms with Gasteiger partial charge < -0.3 is 4.74 Å². The maximum absolute atomic E-state index is 12.0. The summed E-state index contributed by atoms with van der Waals surface area (Å²) in [5.74, 6) is 0.522. The molecule has 2 aromatic heterocycles. The zero-order valence-electron chi connectivity index (χ0n) is 12.1. The van der Waals surface area contributed by atoms with Crippen LogP contribution in [0.15, 0.2) is 36.4 Å². The molecule has 0 bridgehead atoms.